The normalized spacial score (nSPS) is 10.2. The summed E-state index contributed by atoms with van der Waals surface area (Å²) in [6.07, 6.45) is 0. The van der Waals surface area contributed by atoms with Crippen LogP contribution < -0.4 is 10.5 Å². The maximum atomic E-state index is 11.7. The fraction of sp³-hybridized carbons (Fsp3) is 0.188. The van der Waals surface area contributed by atoms with Gasteiger partial charge in [0.05, 0.1) is 19.3 Å². The first-order valence-electron chi connectivity index (χ1n) is 6.52. The van der Waals surface area contributed by atoms with Gasteiger partial charge in [-0.3, -0.25) is 0 Å². The Kier molecular flexibility index (Phi) is 5.11. The average Bonchev–Trinajstić information content (AvgIpc) is 2.48. The number of hydrogen-bond acceptors (Lipinski definition) is 5. The minimum Gasteiger partial charge on any atom is -0.497 e. The molecule has 0 atom stereocenters. The average molecular weight is 303 g/mol. The van der Waals surface area contributed by atoms with E-state index in [-0.39, 0.29) is 0 Å². The van der Waals surface area contributed by atoms with E-state index in [0.717, 1.165) is 15.5 Å². The fourth-order valence-electron chi connectivity index (χ4n) is 1.78. The third kappa shape index (κ3) is 3.92. The van der Waals surface area contributed by atoms with Crippen molar-refractivity contribution in [3.63, 3.8) is 0 Å². The highest BCUT2D eigenvalue weighted by atomic mass is 32.2. The van der Waals surface area contributed by atoms with E-state index in [9.17, 15) is 4.79 Å². The van der Waals surface area contributed by atoms with Crippen LogP contribution in [0, 0.1) is 0 Å². The zero-order valence-electron chi connectivity index (χ0n) is 12.0. The van der Waals surface area contributed by atoms with Crippen LogP contribution in [0.3, 0.4) is 0 Å². The molecule has 4 nitrogen and oxygen atoms in total. The van der Waals surface area contributed by atoms with Crippen LogP contribution in [0.15, 0.2) is 52.3 Å². The Bertz CT molecular complexity index is 626. The zero-order chi connectivity index (χ0) is 15.2. The van der Waals surface area contributed by atoms with Crippen LogP contribution in [0.2, 0.25) is 0 Å². The van der Waals surface area contributed by atoms with Crippen LogP contribution in [-0.4, -0.2) is 19.7 Å². The molecule has 5 heteroatoms. The number of esters is 1. The zero-order valence-corrected chi connectivity index (χ0v) is 12.8. The van der Waals surface area contributed by atoms with Crippen molar-refractivity contribution in [2.24, 2.45) is 0 Å². The first-order chi connectivity index (χ1) is 10.1. The molecular formula is C16H17NO3S. The van der Waals surface area contributed by atoms with Gasteiger partial charge in [0.25, 0.3) is 0 Å². The van der Waals surface area contributed by atoms with Crippen LogP contribution in [0.1, 0.15) is 17.3 Å². The monoisotopic (exact) mass is 303 g/mol. The number of carbonyl (C=O) groups excluding carboxylic acids is 1. The highest BCUT2D eigenvalue weighted by Crippen LogP contribution is 2.31. The number of anilines is 1. The van der Waals surface area contributed by atoms with Crippen LogP contribution >= 0.6 is 11.8 Å². The lowest BCUT2D eigenvalue weighted by molar-refractivity contribution is 0.0527. The molecule has 0 bridgehead atoms. The Balaban J connectivity index is 2.14. The van der Waals surface area contributed by atoms with Gasteiger partial charge in [-0.2, -0.15) is 0 Å². The first kappa shape index (κ1) is 15.3. The highest BCUT2D eigenvalue weighted by Gasteiger charge is 2.11. The molecule has 2 aromatic rings. The van der Waals surface area contributed by atoms with Crippen molar-refractivity contribution in [3.05, 3.63) is 48.0 Å². The summed E-state index contributed by atoms with van der Waals surface area (Å²) in [5.41, 5.74) is 6.74. The van der Waals surface area contributed by atoms with Crippen molar-refractivity contribution in [3.8, 4) is 5.75 Å². The lowest BCUT2D eigenvalue weighted by Crippen LogP contribution is -2.07. The molecule has 0 aliphatic rings. The summed E-state index contributed by atoms with van der Waals surface area (Å²) >= 11 is 1.57. The van der Waals surface area contributed by atoms with E-state index in [1.54, 1.807) is 37.9 Å². The van der Waals surface area contributed by atoms with Gasteiger partial charge in [0.2, 0.25) is 0 Å². The second-order valence-electron chi connectivity index (χ2n) is 4.25. The molecule has 2 aromatic carbocycles. The molecule has 0 aliphatic heterocycles. The number of nitrogens with two attached hydrogens (primary N) is 1. The second-order valence-corrected chi connectivity index (χ2v) is 5.39. The minimum absolute atomic E-state index is 0.334. The largest absolute Gasteiger partial charge is 0.497 e. The molecule has 0 unspecified atom stereocenters. The van der Waals surface area contributed by atoms with Crippen molar-refractivity contribution in [1.29, 1.82) is 0 Å². The van der Waals surface area contributed by atoms with Gasteiger partial charge in [-0.25, -0.2) is 4.79 Å². The fourth-order valence-corrected chi connectivity index (χ4v) is 2.65. The van der Waals surface area contributed by atoms with Crippen molar-refractivity contribution in [2.75, 3.05) is 19.5 Å². The van der Waals surface area contributed by atoms with E-state index in [0.29, 0.717) is 17.9 Å². The third-order valence-corrected chi connectivity index (χ3v) is 3.81. The predicted octanol–water partition coefficient (Wildman–Crippen LogP) is 3.61. The van der Waals surface area contributed by atoms with E-state index in [1.165, 1.54) is 0 Å². The standard InChI is InChI=1S/C16H17NO3S/c1-3-20-16(18)14-9-8-13(10-15(14)17)21-12-6-4-11(19-2)5-7-12/h4-10H,3,17H2,1-2H3. The number of hydrogen-bond donors (Lipinski definition) is 1. The molecule has 0 aliphatic carbocycles. The molecule has 21 heavy (non-hydrogen) atoms. The molecule has 0 amide bonds. The molecule has 2 rings (SSSR count). The Morgan fingerprint density at radius 1 is 1.14 bits per heavy atom. The van der Waals surface area contributed by atoms with Crippen molar-refractivity contribution in [2.45, 2.75) is 16.7 Å². The summed E-state index contributed by atoms with van der Waals surface area (Å²) in [6.45, 7) is 2.10. The maximum Gasteiger partial charge on any atom is 0.340 e. The quantitative estimate of drug-likeness (QED) is 0.675. The molecule has 110 valence electrons. The molecule has 0 radical (unpaired) electrons. The smallest absolute Gasteiger partial charge is 0.340 e. The Morgan fingerprint density at radius 3 is 2.38 bits per heavy atom. The van der Waals surface area contributed by atoms with E-state index in [2.05, 4.69) is 0 Å². The van der Waals surface area contributed by atoms with Crippen LogP contribution in [0.5, 0.6) is 5.75 Å². The molecule has 0 heterocycles. The summed E-state index contributed by atoms with van der Waals surface area (Å²) < 4.78 is 10.1. The molecule has 2 N–H and O–H groups in total. The van der Waals surface area contributed by atoms with Gasteiger partial charge < -0.3 is 15.2 Å². The van der Waals surface area contributed by atoms with Gasteiger partial charge in [0.1, 0.15) is 5.75 Å². The Hall–Kier alpha value is -2.14. The van der Waals surface area contributed by atoms with E-state index < -0.39 is 5.97 Å². The number of benzene rings is 2. The SMILES string of the molecule is CCOC(=O)c1ccc(Sc2ccc(OC)cc2)cc1N. The van der Waals surface area contributed by atoms with E-state index in [1.807, 2.05) is 30.3 Å². The van der Waals surface area contributed by atoms with Crippen molar-refractivity contribution < 1.29 is 14.3 Å². The van der Waals surface area contributed by atoms with E-state index in [4.69, 9.17) is 15.2 Å². The lowest BCUT2D eigenvalue weighted by atomic mass is 10.2. The van der Waals surface area contributed by atoms with Gasteiger partial charge in [0.15, 0.2) is 0 Å². The molecule has 0 saturated heterocycles. The summed E-state index contributed by atoms with van der Waals surface area (Å²) in [5.74, 6) is 0.424. The van der Waals surface area contributed by atoms with Crippen LogP contribution in [0.25, 0.3) is 0 Å². The number of nitrogen functional groups attached to an aromatic ring is 1. The molecule has 0 spiro atoms. The number of carbonyl (C=O) groups is 1. The van der Waals surface area contributed by atoms with Gasteiger partial charge in [-0.1, -0.05) is 11.8 Å². The maximum absolute atomic E-state index is 11.7. The van der Waals surface area contributed by atoms with E-state index >= 15 is 0 Å². The van der Waals surface area contributed by atoms with Crippen molar-refractivity contribution in [1.82, 2.24) is 0 Å². The highest BCUT2D eigenvalue weighted by molar-refractivity contribution is 7.99. The summed E-state index contributed by atoms with van der Waals surface area (Å²) in [7, 11) is 1.64. The van der Waals surface area contributed by atoms with Crippen LogP contribution in [0.4, 0.5) is 5.69 Å². The predicted molar refractivity (Wildman–Crippen MR) is 83.9 cm³/mol. The van der Waals surface area contributed by atoms with Crippen LogP contribution in [-0.2, 0) is 4.74 Å². The number of methoxy groups -OCH3 is 1. The van der Waals surface area contributed by atoms with Crippen molar-refractivity contribution >= 4 is 23.4 Å². The van der Waals surface area contributed by atoms with Gasteiger partial charge in [-0.05, 0) is 49.4 Å². The molecule has 0 aromatic heterocycles. The molecule has 0 fully saturated rings. The van der Waals surface area contributed by atoms with Gasteiger partial charge in [-0.15, -0.1) is 0 Å². The topological polar surface area (TPSA) is 61.5 Å². The Morgan fingerprint density at radius 2 is 1.81 bits per heavy atom. The van der Waals surface area contributed by atoms with Gasteiger partial charge >= 0.3 is 5.97 Å². The molecule has 0 saturated carbocycles. The second kappa shape index (κ2) is 7.04. The van der Waals surface area contributed by atoms with Gasteiger partial charge in [0, 0.05) is 15.5 Å². The lowest BCUT2D eigenvalue weighted by Gasteiger charge is -2.08. The summed E-state index contributed by atoms with van der Waals surface area (Å²) in [6, 6.07) is 13.1. The third-order valence-electron chi connectivity index (χ3n) is 2.81. The summed E-state index contributed by atoms with van der Waals surface area (Å²) in [4.78, 5) is 13.7. The minimum atomic E-state index is -0.393. The molecular weight excluding hydrogens is 286 g/mol. The first-order valence-corrected chi connectivity index (χ1v) is 7.34. The summed E-state index contributed by atoms with van der Waals surface area (Å²) in [5, 5.41) is 0. The Labute approximate surface area is 128 Å². The number of ether oxygens (including phenoxy) is 2. The number of rotatable bonds is 5.